The Morgan fingerprint density at radius 1 is 1.33 bits per heavy atom. The molecule has 1 aromatic carbocycles. The van der Waals surface area contributed by atoms with Crippen molar-refractivity contribution in [2.45, 2.75) is 19.3 Å². The van der Waals surface area contributed by atoms with Crippen molar-refractivity contribution in [3.8, 4) is 18.1 Å². The van der Waals surface area contributed by atoms with Gasteiger partial charge < -0.3 is 15.8 Å². The first-order valence-electron chi connectivity index (χ1n) is 5.91. The van der Waals surface area contributed by atoms with Crippen LogP contribution in [0.3, 0.4) is 0 Å². The Labute approximate surface area is 108 Å². The normalized spacial score (nSPS) is 9.50. The van der Waals surface area contributed by atoms with Gasteiger partial charge in [-0.3, -0.25) is 4.79 Å². The van der Waals surface area contributed by atoms with Crippen molar-refractivity contribution in [1.29, 1.82) is 0 Å². The molecule has 0 fully saturated rings. The Balaban J connectivity index is 2.13. The monoisotopic (exact) mass is 246 g/mol. The molecule has 0 bridgehead atoms. The molecule has 0 spiro atoms. The van der Waals surface area contributed by atoms with E-state index in [2.05, 4.69) is 11.2 Å². The van der Waals surface area contributed by atoms with Crippen LogP contribution in [0.2, 0.25) is 0 Å². The van der Waals surface area contributed by atoms with Crippen molar-refractivity contribution in [1.82, 2.24) is 5.32 Å². The van der Waals surface area contributed by atoms with Crippen molar-refractivity contribution in [3.05, 3.63) is 24.3 Å². The molecule has 0 saturated heterocycles. The minimum Gasteiger partial charge on any atom is -0.484 e. The number of carbonyl (C=O) groups is 1. The highest BCUT2D eigenvalue weighted by molar-refractivity contribution is 5.77. The highest BCUT2D eigenvalue weighted by Crippen LogP contribution is 2.12. The van der Waals surface area contributed by atoms with Crippen LogP contribution in [-0.4, -0.2) is 19.1 Å². The lowest BCUT2D eigenvalue weighted by Crippen LogP contribution is -2.29. The van der Waals surface area contributed by atoms with Gasteiger partial charge in [0.25, 0.3) is 5.91 Å². The molecular weight excluding hydrogens is 228 g/mol. The number of amides is 1. The Bertz CT molecular complexity index is 407. The topological polar surface area (TPSA) is 64.3 Å². The molecule has 0 atom stereocenters. The summed E-state index contributed by atoms with van der Waals surface area (Å²) in [5, 5.41) is 2.77. The number of anilines is 1. The molecule has 1 amide bonds. The van der Waals surface area contributed by atoms with Gasteiger partial charge in [0, 0.05) is 18.7 Å². The number of unbranched alkanes of at least 4 members (excludes halogenated alkanes) is 2. The van der Waals surface area contributed by atoms with Crippen LogP contribution in [0.15, 0.2) is 24.3 Å². The molecule has 0 aliphatic heterocycles. The Morgan fingerprint density at radius 2 is 2.06 bits per heavy atom. The molecule has 0 saturated carbocycles. The maximum absolute atomic E-state index is 11.4. The van der Waals surface area contributed by atoms with Gasteiger partial charge in [0.2, 0.25) is 0 Å². The summed E-state index contributed by atoms with van der Waals surface area (Å²) in [7, 11) is 0. The van der Waals surface area contributed by atoms with Crippen molar-refractivity contribution in [2.75, 3.05) is 18.9 Å². The van der Waals surface area contributed by atoms with Gasteiger partial charge in [-0.25, -0.2) is 0 Å². The van der Waals surface area contributed by atoms with Crippen LogP contribution >= 0.6 is 0 Å². The van der Waals surface area contributed by atoms with E-state index >= 15 is 0 Å². The number of nitrogen functional groups attached to an aromatic ring is 1. The summed E-state index contributed by atoms with van der Waals surface area (Å²) in [4.78, 5) is 11.4. The van der Waals surface area contributed by atoms with Crippen molar-refractivity contribution < 1.29 is 9.53 Å². The van der Waals surface area contributed by atoms with Gasteiger partial charge in [-0.2, -0.15) is 0 Å². The Morgan fingerprint density at radius 3 is 2.72 bits per heavy atom. The fraction of sp³-hybridized carbons (Fsp3) is 0.357. The number of rotatable bonds is 7. The zero-order valence-electron chi connectivity index (χ0n) is 10.3. The lowest BCUT2D eigenvalue weighted by molar-refractivity contribution is -0.123. The quantitative estimate of drug-likeness (QED) is 0.436. The van der Waals surface area contributed by atoms with E-state index in [1.165, 1.54) is 0 Å². The molecule has 18 heavy (non-hydrogen) atoms. The van der Waals surface area contributed by atoms with Crippen molar-refractivity contribution in [3.63, 3.8) is 0 Å². The second-order valence-electron chi connectivity index (χ2n) is 3.87. The lowest BCUT2D eigenvalue weighted by Gasteiger charge is -2.07. The number of benzene rings is 1. The van der Waals surface area contributed by atoms with Gasteiger partial charge in [0.1, 0.15) is 5.75 Å². The average Bonchev–Trinajstić information content (AvgIpc) is 2.38. The summed E-state index contributed by atoms with van der Waals surface area (Å²) in [6.45, 7) is 0.644. The van der Waals surface area contributed by atoms with Gasteiger partial charge in [0.05, 0.1) is 0 Å². The summed E-state index contributed by atoms with van der Waals surface area (Å²) < 4.78 is 5.30. The second kappa shape index (κ2) is 8.02. The summed E-state index contributed by atoms with van der Waals surface area (Å²) in [5.41, 5.74) is 6.21. The predicted molar refractivity (Wildman–Crippen MR) is 72.0 cm³/mol. The highest BCUT2D eigenvalue weighted by atomic mass is 16.5. The SMILES string of the molecule is C#CCCCCNC(=O)COc1ccc(N)cc1. The third kappa shape index (κ3) is 5.80. The molecule has 0 unspecified atom stereocenters. The third-order valence-electron chi connectivity index (χ3n) is 2.32. The number of terminal acetylenes is 1. The van der Waals surface area contributed by atoms with Gasteiger partial charge in [-0.1, -0.05) is 0 Å². The van der Waals surface area contributed by atoms with E-state index in [0.29, 0.717) is 18.0 Å². The number of ether oxygens (including phenoxy) is 1. The van der Waals surface area contributed by atoms with Crippen molar-refractivity contribution >= 4 is 11.6 Å². The van der Waals surface area contributed by atoms with Crippen LogP contribution in [-0.2, 0) is 4.79 Å². The minimum absolute atomic E-state index is 0.0130. The van der Waals surface area contributed by atoms with E-state index in [1.807, 2.05) is 0 Å². The number of hydrogen-bond donors (Lipinski definition) is 2. The molecule has 4 nitrogen and oxygen atoms in total. The highest BCUT2D eigenvalue weighted by Gasteiger charge is 2.01. The number of nitrogens with one attached hydrogen (secondary N) is 1. The lowest BCUT2D eigenvalue weighted by atomic mass is 10.2. The largest absolute Gasteiger partial charge is 0.484 e. The smallest absolute Gasteiger partial charge is 0.257 e. The minimum atomic E-state index is -0.132. The fourth-order valence-corrected chi connectivity index (χ4v) is 1.34. The van der Waals surface area contributed by atoms with Crippen LogP contribution < -0.4 is 15.8 Å². The molecule has 96 valence electrons. The van der Waals surface area contributed by atoms with Crippen LogP contribution in [0, 0.1) is 12.3 Å². The zero-order valence-corrected chi connectivity index (χ0v) is 10.3. The molecule has 1 aromatic rings. The first-order chi connectivity index (χ1) is 8.72. The zero-order chi connectivity index (χ0) is 13.2. The van der Waals surface area contributed by atoms with Crippen molar-refractivity contribution in [2.24, 2.45) is 0 Å². The van der Waals surface area contributed by atoms with Crippen LogP contribution in [0.25, 0.3) is 0 Å². The molecule has 1 rings (SSSR count). The fourth-order valence-electron chi connectivity index (χ4n) is 1.34. The number of nitrogens with two attached hydrogens (primary N) is 1. The van der Waals surface area contributed by atoms with Gasteiger partial charge in [-0.05, 0) is 37.1 Å². The second-order valence-corrected chi connectivity index (χ2v) is 3.87. The van der Waals surface area contributed by atoms with Crippen LogP contribution in [0.4, 0.5) is 5.69 Å². The third-order valence-corrected chi connectivity index (χ3v) is 2.32. The molecule has 0 aromatic heterocycles. The summed E-state index contributed by atoms with van der Waals surface area (Å²) >= 11 is 0. The molecule has 4 heteroatoms. The molecular formula is C14H18N2O2. The predicted octanol–water partition coefficient (Wildman–Crippen LogP) is 1.57. The number of hydrogen-bond acceptors (Lipinski definition) is 3. The van der Waals surface area contributed by atoms with Crippen LogP contribution in [0.5, 0.6) is 5.75 Å². The summed E-state index contributed by atoms with van der Waals surface area (Å²) in [5.74, 6) is 3.06. The van der Waals surface area contributed by atoms with Gasteiger partial charge >= 0.3 is 0 Å². The van der Waals surface area contributed by atoms with E-state index in [4.69, 9.17) is 16.9 Å². The van der Waals surface area contributed by atoms with E-state index in [-0.39, 0.29) is 12.5 Å². The summed E-state index contributed by atoms with van der Waals surface area (Å²) in [6.07, 6.45) is 7.69. The van der Waals surface area contributed by atoms with E-state index in [0.717, 1.165) is 19.3 Å². The van der Waals surface area contributed by atoms with E-state index in [1.54, 1.807) is 24.3 Å². The molecule has 0 radical (unpaired) electrons. The molecule has 0 heterocycles. The standard InChI is InChI=1S/C14H18N2O2/c1-2-3-4-5-10-16-14(17)11-18-13-8-6-12(15)7-9-13/h1,6-9H,3-5,10-11,15H2,(H,16,17). The first-order valence-corrected chi connectivity index (χ1v) is 5.91. The van der Waals surface area contributed by atoms with Crippen LogP contribution in [0.1, 0.15) is 19.3 Å². The average molecular weight is 246 g/mol. The van der Waals surface area contributed by atoms with Gasteiger partial charge in [-0.15, -0.1) is 12.3 Å². The van der Waals surface area contributed by atoms with Gasteiger partial charge in [0.15, 0.2) is 6.61 Å². The number of carbonyl (C=O) groups excluding carboxylic acids is 1. The van der Waals surface area contributed by atoms with E-state index in [9.17, 15) is 4.79 Å². The first kappa shape index (κ1) is 13.9. The Kier molecular flexibility index (Phi) is 6.20. The van der Waals surface area contributed by atoms with E-state index < -0.39 is 0 Å². The molecule has 3 N–H and O–H groups in total. The molecule has 0 aliphatic carbocycles. The molecule has 0 aliphatic rings. The Hall–Kier alpha value is -2.15. The summed E-state index contributed by atoms with van der Waals surface area (Å²) in [6, 6.07) is 6.92. The maximum atomic E-state index is 11.4. The maximum Gasteiger partial charge on any atom is 0.257 e.